The molecule has 5 aromatic rings. The minimum Gasteiger partial charge on any atom is -0.489 e. The van der Waals surface area contributed by atoms with Gasteiger partial charge in [-0.2, -0.15) is 0 Å². The van der Waals surface area contributed by atoms with Crippen molar-refractivity contribution in [3.63, 3.8) is 0 Å². The van der Waals surface area contributed by atoms with Gasteiger partial charge in [-0.25, -0.2) is 0 Å². The van der Waals surface area contributed by atoms with Crippen LogP contribution in [0.3, 0.4) is 0 Å². The van der Waals surface area contributed by atoms with Gasteiger partial charge in [0, 0.05) is 47.0 Å². The minimum absolute atomic E-state index is 0.645. The summed E-state index contributed by atoms with van der Waals surface area (Å²) in [6.07, 6.45) is 4.10. The van der Waals surface area contributed by atoms with Crippen molar-refractivity contribution < 1.29 is 9.47 Å². The first kappa shape index (κ1) is 34.6. The van der Waals surface area contributed by atoms with Crippen LogP contribution in [-0.4, -0.2) is 26.3 Å². The summed E-state index contributed by atoms with van der Waals surface area (Å²) in [4.78, 5) is 4.70. The Morgan fingerprint density at radius 3 is 1.15 bits per heavy atom. The van der Waals surface area contributed by atoms with Crippen molar-refractivity contribution in [1.82, 2.24) is 0 Å². The third-order valence-electron chi connectivity index (χ3n) is 8.99. The van der Waals surface area contributed by atoms with E-state index in [9.17, 15) is 0 Å². The van der Waals surface area contributed by atoms with Crippen molar-refractivity contribution in [1.29, 1.82) is 0 Å². The first-order valence-electron chi connectivity index (χ1n) is 17.8. The molecule has 4 heteroatoms. The molecule has 0 saturated carbocycles. The first-order chi connectivity index (χ1) is 23.5. The molecule has 0 spiro atoms. The van der Waals surface area contributed by atoms with Crippen LogP contribution in [0.2, 0.25) is 0 Å². The van der Waals surface area contributed by atoms with E-state index in [1.165, 1.54) is 33.9 Å². The standard InChI is InChI=1S/C44H52N2O2/c1-7-11-29-47-43-41(39-25-23-37(31-33(39)5)45(9-3)35-19-15-13-16-20-35)27-28-42(44(43)48-30-12-8-2)40-26-24-38(32-34(40)6)46(10-4)36-21-17-14-18-22-36/h13-28,31-32H,7-12,29-30H2,1-6H3. The summed E-state index contributed by atoms with van der Waals surface area (Å²) in [6, 6.07) is 39.2. The third kappa shape index (κ3) is 7.87. The Labute approximate surface area is 289 Å². The maximum atomic E-state index is 6.71. The molecular formula is C44H52N2O2. The van der Waals surface area contributed by atoms with Crippen LogP contribution in [0, 0.1) is 13.8 Å². The summed E-state index contributed by atoms with van der Waals surface area (Å²) in [5, 5.41) is 0. The molecule has 5 rings (SSSR count). The van der Waals surface area contributed by atoms with Crippen molar-refractivity contribution in [2.24, 2.45) is 0 Å². The van der Waals surface area contributed by atoms with Gasteiger partial charge in [-0.1, -0.05) is 75.2 Å². The number of benzene rings is 5. The number of hydrogen-bond donors (Lipinski definition) is 0. The second kappa shape index (κ2) is 16.9. The lowest BCUT2D eigenvalue weighted by Crippen LogP contribution is -2.16. The smallest absolute Gasteiger partial charge is 0.169 e. The molecule has 0 bridgehead atoms. The van der Waals surface area contributed by atoms with Crippen LogP contribution in [0.25, 0.3) is 22.3 Å². The zero-order valence-corrected chi connectivity index (χ0v) is 29.8. The van der Waals surface area contributed by atoms with Gasteiger partial charge >= 0.3 is 0 Å². The third-order valence-corrected chi connectivity index (χ3v) is 8.99. The van der Waals surface area contributed by atoms with E-state index in [1.807, 2.05) is 0 Å². The number of rotatable bonds is 16. The fourth-order valence-electron chi connectivity index (χ4n) is 6.39. The largest absolute Gasteiger partial charge is 0.489 e. The van der Waals surface area contributed by atoms with E-state index < -0.39 is 0 Å². The second-order valence-electron chi connectivity index (χ2n) is 12.4. The maximum Gasteiger partial charge on any atom is 0.169 e. The van der Waals surface area contributed by atoms with E-state index in [2.05, 4.69) is 161 Å². The number of para-hydroxylation sites is 2. The van der Waals surface area contributed by atoms with E-state index in [-0.39, 0.29) is 0 Å². The molecule has 0 N–H and O–H groups in total. The van der Waals surface area contributed by atoms with Gasteiger partial charge in [0.1, 0.15) is 0 Å². The molecule has 48 heavy (non-hydrogen) atoms. The molecule has 0 saturated heterocycles. The topological polar surface area (TPSA) is 24.9 Å². The normalized spacial score (nSPS) is 11.0. The number of nitrogens with zero attached hydrogens (tertiary/aromatic N) is 2. The van der Waals surface area contributed by atoms with Crippen LogP contribution in [0.5, 0.6) is 11.5 Å². The number of aryl methyl sites for hydroxylation is 2. The van der Waals surface area contributed by atoms with Crippen molar-refractivity contribution in [3.8, 4) is 33.8 Å². The van der Waals surface area contributed by atoms with Crippen LogP contribution >= 0.6 is 0 Å². The lowest BCUT2D eigenvalue weighted by molar-refractivity contribution is 0.264. The van der Waals surface area contributed by atoms with Gasteiger partial charge in [0.25, 0.3) is 0 Å². The zero-order valence-electron chi connectivity index (χ0n) is 29.8. The molecule has 0 aromatic heterocycles. The van der Waals surface area contributed by atoms with Crippen LogP contribution in [-0.2, 0) is 0 Å². The molecule has 0 atom stereocenters. The lowest BCUT2D eigenvalue weighted by atomic mass is 9.93. The summed E-state index contributed by atoms with van der Waals surface area (Å²) in [5.74, 6) is 1.68. The molecule has 0 aliphatic rings. The van der Waals surface area contributed by atoms with Crippen molar-refractivity contribution in [2.45, 2.75) is 67.2 Å². The maximum absolute atomic E-state index is 6.71. The molecule has 0 radical (unpaired) electrons. The Morgan fingerprint density at radius 1 is 0.438 bits per heavy atom. The monoisotopic (exact) mass is 640 g/mol. The Bertz CT molecular complexity index is 1620. The first-order valence-corrected chi connectivity index (χ1v) is 17.8. The average molecular weight is 641 g/mol. The van der Waals surface area contributed by atoms with Crippen LogP contribution in [0.1, 0.15) is 64.5 Å². The molecular weight excluding hydrogens is 588 g/mol. The molecule has 5 aromatic carbocycles. The number of hydrogen-bond acceptors (Lipinski definition) is 4. The van der Waals surface area contributed by atoms with Crippen LogP contribution in [0.4, 0.5) is 22.7 Å². The fourth-order valence-corrected chi connectivity index (χ4v) is 6.39. The van der Waals surface area contributed by atoms with E-state index >= 15 is 0 Å². The van der Waals surface area contributed by atoms with Gasteiger partial charge in [0.05, 0.1) is 13.2 Å². The summed E-state index contributed by atoms with van der Waals surface area (Å²) in [7, 11) is 0. The summed E-state index contributed by atoms with van der Waals surface area (Å²) in [6.45, 7) is 16.3. The predicted octanol–water partition coefficient (Wildman–Crippen LogP) is 12.3. The Balaban J connectivity index is 1.60. The van der Waals surface area contributed by atoms with Crippen molar-refractivity contribution in [2.75, 3.05) is 36.1 Å². The zero-order chi connectivity index (χ0) is 33.9. The number of unbranched alkanes of at least 4 members (excludes halogenated alkanes) is 2. The Morgan fingerprint density at radius 2 is 0.812 bits per heavy atom. The molecule has 0 aliphatic heterocycles. The minimum atomic E-state index is 0.645. The fraction of sp³-hybridized carbons (Fsp3) is 0.318. The SMILES string of the molecule is CCCCOc1c(-c2ccc(N(CC)c3ccccc3)cc2C)ccc(-c2ccc(N(CC)c3ccccc3)cc2C)c1OCCCC. The van der Waals surface area contributed by atoms with Crippen molar-refractivity contribution in [3.05, 3.63) is 120 Å². The molecule has 0 fully saturated rings. The van der Waals surface area contributed by atoms with Crippen LogP contribution in [0.15, 0.2) is 109 Å². The molecule has 4 nitrogen and oxygen atoms in total. The van der Waals surface area contributed by atoms with E-state index in [0.717, 1.165) is 72.5 Å². The number of anilines is 4. The molecule has 250 valence electrons. The van der Waals surface area contributed by atoms with E-state index in [1.54, 1.807) is 0 Å². The van der Waals surface area contributed by atoms with E-state index in [4.69, 9.17) is 9.47 Å². The van der Waals surface area contributed by atoms with Crippen LogP contribution < -0.4 is 19.3 Å². The molecule has 0 unspecified atom stereocenters. The quantitative estimate of drug-likeness (QED) is 0.100. The van der Waals surface area contributed by atoms with Crippen molar-refractivity contribution >= 4 is 22.7 Å². The van der Waals surface area contributed by atoms with Gasteiger partial charge in [-0.3, -0.25) is 0 Å². The van der Waals surface area contributed by atoms with E-state index in [0.29, 0.717) is 13.2 Å². The highest BCUT2D eigenvalue weighted by molar-refractivity contribution is 5.86. The Kier molecular flexibility index (Phi) is 12.2. The highest BCUT2D eigenvalue weighted by Crippen LogP contribution is 2.47. The molecule has 0 amide bonds. The van der Waals surface area contributed by atoms with Gasteiger partial charge < -0.3 is 19.3 Å². The Hall–Kier alpha value is -4.70. The predicted molar refractivity (Wildman–Crippen MR) is 206 cm³/mol. The average Bonchev–Trinajstić information content (AvgIpc) is 3.11. The lowest BCUT2D eigenvalue weighted by Gasteiger charge is -2.26. The molecule has 0 heterocycles. The van der Waals surface area contributed by atoms with Gasteiger partial charge in [-0.05, 0) is 123 Å². The highest BCUT2D eigenvalue weighted by atomic mass is 16.5. The molecule has 0 aliphatic carbocycles. The second-order valence-corrected chi connectivity index (χ2v) is 12.4. The summed E-state index contributed by atoms with van der Waals surface area (Å²) in [5.41, 5.74) is 11.6. The van der Waals surface area contributed by atoms with Gasteiger partial charge in [0.15, 0.2) is 11.5 Å². The summed E-state index contributed by atoms with van der Waals surface area (Å²) < 4.78 is 13.4. The summed E-state index contributed by atoms with van der Waals surface area (Å²) >= 11 is 0. The van der Waals surface area contributed by atoms with Gasteiger partial charge in [-0.15, -0.1) is 0 Å². The van der Waals surface area contributed by atoms with Gasteiger partial charge in [0.2, 0.25) is 0 Å². The number of ether oxygens (including phenoxy) is 2. The highest BCUT2D eigenvalue weighted by Gasteiger charge is 2.22.